The van der Waals surface area contributed by atoms with E-state index in [4.69, 9.17) is 0 Å². The van der Waals surface area contributed by atoms with Crippen molar-refractivity contribution >= 4 is 11.6 Å². The summed E-state index contributed by atoms with van der Waals surface area (Å²) in [7, 11) is 1.90. The molecule has 1 aliphatic heterocycles. The van der Waals surface area contributed by atoms with Crippen molar-refractivity contribution < 1.29 is 4.79 Å². The molecule has 130 valence electrons. The topological polar surface area (TPSA) is 76.2 Å². The van der Waals surface area contributed by atoms with E-state index < -0.39 is 0 Å². The maximum absolute atomic E-state index is 11.9. The first-order valence-corrected chi connectivity index (χ1v) is 8.55. The van der Waals surface area contributed by atoms with Gasteiger partial charge in [0.25, 0.3) is 0 Å². The van der Waals surface area contributed by atoms with Gasteiger partial charge in [-0.3, -0.25) is 9.48 Å². The first-order chi connectivity index (χ1) is 12.1. The molecule has 1 amide bonds. The average Bonchev–Trinajstić information content (AvgIpc) is 3.19. The number of imidazole rings is 1. The standard InChI is InChI=1S/C18H22N6O/c1-12-3-5-16-20-10-13(24(16)11-12)9-19-14-4-6-17(25)22-18(14)15-7-8-21-23(15)2/h3,5,7-8,10-11,14,18-19H,4,6,9H2,1-2H3,(H,22,25)/t14-,18-/m1/s1. The molecule has 0 aromatic carbocycles. The number of piperidine rings is 1. The van der Waals surface area contributed by atoms with Crippen LogP contribution in [0.25, 0.3) is 5.65 Å². The molecule has 2 N–H and O–H groups in total. The maximum atomic E-state index is 11.9. The van der Waals surface area contributed by atoms with Gasteiger partial charge in [0, 0.05) is 38.4 Å². The van der Waals surface area contributed by atoms with Crippen LogP contribution in [-0.4, -0.2) is 31.1 Å². The number of aryl methyl sites for hydroxylation is 2. The monoisotopic (exact) mass is 338 g/mol. The molecule has 2 atom stereocenters. The van der Waals surface area contributed by atoms with Crippen LogP contribution in [0, 0.1) is 6.92 Å². The van der Waals surface area contributed by atoms with Gasteiger partial charge in [-0.2, -0.15) is 5.10 Å². The Morgan fingerprint density at radius 3 is 3.04 bits per heavy atom. The van der Waals surface area contributed by atoms with Crippen molar-refractivity contribution in [2.45, 2.75) is 38.4 Å². The van der Waals surface area contributed by atoms with Gasteiger partial charge in [-0.05, 0) is 31.0 Å². The predicted molar refractivity (Wildman–Crippen MR) is 93.9 cm³/mol. The van der Waals surface area contributed by atoms with Crippen LogP contribution in [0.2, 0.25) is 0 Å². The second kappa shape index (κ2) is 6.33. The highest BCUT2D eigenvalue weighted by Crippen LogP contribution is 2.24. The van der Waals surface area contributed by atoms with E-state index in [0.29, 0.717) is 13.0 Å². The van der Waals surface area contributed by atoms with Crippen molar-refractivity contribution in [1.29, 1.82) is 0 Å². The summed E-state index contributed by atoms with van der Waals surface area (Å²) in [5, 5.41) is 10.9. The number of hydrogen-bond acceptors (Lipinski definition) is 4. The lowest BCUT2D eigenvalue weighted by atomic mass is 9.95. The number of carbonyl (C=O) groups is 1. The number of amides is 1. The van der Waals surface area contributed by atoms with Crippen LogP contribution < -0.4 is 10.6 Å². The molecular formula is C18H22N6O. The Kier molecular flexibility index (Phi) is 4.01. The molecule has 4 rings (SSSR count). The summed E-state index contributed by atoms with van der Waals surface area (Å²) < 4.78 is 3.94. The molecule has 4 heterocycles. The molecule has 0 aliphatic carbocycles. The third kappa shape index (κ3) is 3.02. The molecule has 7 nitrogen and oxygen atoms in total. The molecule has 1 fully saturated rings. The van der Waals surface area contributed by atoms with Crippen molar-refractivity contribution in [2.75, 3.05) is 0 Å². The second-order valence-corrected chi connectivity index (χ2v) is 6.64. The Morgan fingerprint density at radius 1 is 1.36 bits per heavy atom. The second-order valence-electron chi connectivity index (χ2n) is 6.64. The lowest BCUT2D eigenvalue weighted by molar-refractivity contribution is -0.124. The minimum atomic E-state index is -0.0744. The first-order valence-electron chi connectivity index (χ1n) is 8.55. The highest BCUT2D eigenvalue weighted by atomic mass is 16.1. The number of nitrogens with one attached hydrogen (secondary N) is 2. The van der Waals surface area contributed by atoms with Gasteiger partial charge in [0.2, 0.25) is 5.91 Å². The maximum Gasteiger partial charge on any atom is 0.220 e. The molecule has 25 heavy (non-hydrogen) atoms. The first kappa shape index (κ1) is 15.8. The van der Waals surface area contributed by atoms with Crippen LogP contribution in [0.5, 0.6) is 0 Å². The number of fused-ring (bicyclic) bond motifs is 1. The van der Waals surface area contributed by atoms with Gasteiger partial charge in [0.05, 0.1) is 23.6 Å². The summed E-state index contributed by atoms with van der Waals surface area (Å²) in [4.78, 5) is 16.3. The van der Waals surface area contributed by atoms with Crippen molar-refractivity contribution in [1.82, 2.24) is 29.8 Å². The highest BCUT2D eigenvalue weighted by Gasteiger charge is 2.31. The number of rotatable bonds is 4. The van der Waals surface area contributed by atoms with Crippen molar-refractivity contribution in [2.24, 2.45) is 7.05 Å². The minimum Gasteiger partial charge on any atom is -0.346 e. The van der Waals surface area contributed by atoms with E-state index in [1.165, 1.54) is 5.56 Å². The summed E-state index contributed by atoms with van der Waals surface area (Å²) in [5.41, 5.74) is 4.27. The van der Waals surface area contributed by atoms with Crippen molar-refractivity contribution in [3.63, 3.8) is 0 Å². The Labute approximate surface area is 146 Å². The van der Waals surface area contributed by atoms with E-state index in [0.717, 1.165) is 23.5 Å². The normalized spacial score (nSPS) is 20.8. The van der Waals surface area contributed by atoms with E-state index >= 15 is 0 Å². The van der Waals surface area contributed by atoms with E-state index in [-0.39, 0.29) is 18.0 Å². The molecular weight excluding hydrogens is 316 g/mol. The number of nitrogens with zero attached hydrogens (tertiary/aromatic N) is 4. The zero-order valence-electron chi connectivity index (χ0n) is 14.4. The van der Waals surface area contributed by atoms with Gasteiger partial charge in [-0.1, -0.05) is 6.07 Å². The summed E-state index contributed by atoms with van der Waals surface area (Å²) in [6.45, 7) is 2.77. The summed E-state index contributed by atoms with van der Waals surface area (Å²) in [5.74, 6) is 0.0923. The molecule has 1 saturated heterocycles. The Balaban J connectivity index is 1.54. The van der Waals surface area contributed by atoms with Gasteiger partial charge in [0.1, 0.15) is 5.65 Å². The fraction of sp³-hybridized carbons (Fsp3) is 0.389. The average molecular weight is 338 g/mol. The van der Waals surface area contributed by atoms with Gasteiger partial charge in [-0.25, -0.2) is 4.98 Å². The number of hydrogen-bond donors (Lipinski definition) is 2. The van der Waals surface area contributed by atoms with Crippen molar-refractivity contribution in [3.05, 3.63) is 53.7 Å². The van der Waals surface area contributed by atoms with Gasteiger partial charge in [-0.15, -0.1) is 0 Å². The lowest BCUT2D eigenvalue weighted by Gasteiger charge is -2.33. The van der Waals surface area contributed by atoms with E-state index in [2.05, 4.69) is 44.3 Å². The van der Waals surface area contributed by atoms with E-state index in [1.54, 1.807) is 6.20 Å². The van der Waals surface area contributed by atoms with Crippen LogP contribution in [0.1, 0.15) is 35.8 Å². The van der Waals surface area contributed by atoms with E-state index in [1.807, 2.05) is 30.1 Å². The van der Waals surface area contributed by atoms with Crippen LogP contribution in [-0.2, 0) is 18.4 Å². The molecule has 0 saturated carbocycles. The fourth-order valence-corrected chi connectivity index (χ4v) is 3.49. The third-order valence-corrected chi connectivity index (χ3v) is 4.85. The Hall–Kier alpha value is -2.67. The Bertz CT molecular complexity index is 911. The largest absolute Gasteiger partial charge is 0.346 e. The smallest absolute Gasteiger partial charge is 0.220 e. The van der Waals surface area contributed by atoms with E-state index in [9.17, 15) is 4.79 Å². The highest BCUT2D eigenvalue weighted by molar-refractivity contribution is 5.77. The Morgan fingerprint density at radius 2 is 2.24 bits per heavy atom. The molecule has 3 aromatic heterocycles. The minimum absolute atomic E-state index is 0.0744. The zero-order chi connectivity index (χ0) is 17.4. The molecule has 1 aliphatic rings. The van der Waals surface area contributed by atoms with Crippen LogP contribution >= 0.6 is 0 Å². The third-order valence-electron chi connectivity index (χ3n) is 4.85. The molecule has 0 unspecified atom stereocenters. The molecule has 7 heteroatoms. The van der Waals surface area contributed by atoms with Gasteiger partial charge < -0.3 is 15.0 Å². The summed E-state index contributed by atoms with van der Waals surface area (Å²) >= 11 is 0. The quantitative estimate of drug-likeness (QED) is 0.756. The molecule has 0 spiro atoms. The molecule has 0 bridgehead atoms. The molecule has 0 radical (unpaired) electrons. The number of aromatic nitrogens is 4. The van der Waals surface area contributed by atoms with Gasteiger partial charge in [0.15, 0.2) is 0 Å². The summed E-state index contributed by atoms with van der Waals surface area (Å²) in [6.07, 6.45) is 7.11. The van der Waals surface area contributed by atoms with Crippen LogP contribution in [0.15, 0.2) is 36.8 Å². The SMILES string of the molecule is Cc1ccc2ncc(CN[C@@H]3CCC(=O)N[C@H]3c3ccnn3C)n2c1. The van der Waals surface area contributed by atoms with Crippen molar-refractivity contribution in [3.8, 4) is 0 Å². The predicted octanol–water partition coefficient (Wildman–Crippen LogP) is 1.49. The number of pyridine rings is 1. The number of carbonyl (C=O) groups excluding carboxylic acids is 1. The van der Waals surface area contributed by atoms with Crippen LogP contribution in [0.4, 0.5) is 0 Å². The summed E-state index contributed by atoms with van der Waals surface area (Å²) in [6, 6.07) is 6.13. The lowest BCUT2D eigenvalue weighted by Crippen LogP contribution is -2.48. The molecule has 3 aromatic rings. The zero-order valence-corrected chi connectivity index (χ0v) is 14.4. The fourth-order valence-electron chi connectivity index (χ4n) is 3.49. The van der Waals surface area contributed by atoms with Gasteiger partial charge >= 0.3 is 0 Å². The van der Waals surface area contributed by atoms with Crippen LogP contribution in [0.3, 0.4) is 0 Å².